The van der Waals surface area contributed by atoms with Crippen molar-refractivity contribution < 1.29 is 9.59 Å². The third kappa shape index (κ3) is 4.00. The number of benzene rings is 3. The van der Waals surface area contributed by atoms with Crippen LogP contribution in [0.1, 0.15) is 34.8 Å². The number of aryl methyl sites for hydroxylation is 1. The van der Waals surface area contributed by atoms with E-state index in [9.17, 15) is 9.59 Å². The first kappa shape index (κ1) is 21.9. The van der Waals surface area contributed by atoms with Crippen LogP contribution in [0.3, 0.4) is 0 Å². The topological polar surface area (TPSA) is 56.4 Å². The van der Waals surface area contributed by atoms with Gasteiger partial charge < -0.3 is 14.8 Å². The Bertz CT molecular complexity index is 1400. The highest BCUT2D eigenvalue weighted by Gasteiger charge is 2.47. The molecule has 1 fully saturated rings. The van der Waals surface area contributed by atoms with Gasteiger partial charge in [0.05, 0.1) is 6.04 Å². The molecule has 2 aliphatic rings. The number of amides is 2. The van der Waals surface area contributed by atoms with Crippen LogP contribution in [0.5, 0.6) is 0 Å². The Morgan fingerprint density at radius 3 is 2.43 bits per heavy atom. The van der Waals surface area contributed by atoms with Gasteiger partial charge in [0, 0.05) is 34.6 Å². The molecule has 4 aromatic rings. The van der Waals surface area contributed by atoms with Gasteiger partial charge in [0.15, 0.2) is 0 Å². The lowest BCUT2D eigenvalue weighted by atomic mass is 9.86. The van der Waals surface area contributed by atoms with Gasteiger partial charge >= 0.3 is 0 Å². The zero-order chi connectivity index (χ0) is 23.9. The summed E-state index contributed by atoms with van der Waals surface area (Å²) in [7, 11) is 0. The highest BCUT2D eigenvalue weighted by Crippen LogP contribution is 2.41. The lowest BCUT2D eigenvalue weighted by Crippen LogP contribution is -2.62. The number of aromatic nitrogens is 1. The quantitative estimate of drug-likeness (QED) is 0.419. The van der Waals surface area contributed by atoms with Gasteiger partial charge in [-0.1, -0.05) is 72.3 Å². The molecule has 5 nitrogen and oxygen atoms in total. The minimum absolute atomic E-state index is 0.00549. The molecular weight excluding hydrogens is 458 g/mol. The Balaban J connectivity index is 1.35. The second-order valence-electron chi connectivity index (χ2n) is 9.44. The molecule has 6 heteroatoms. The summed E-state index contributed by atoms with van der Waals surface area (Å²) in [6, 6.07) is 25.3. The molecule has 0 spiro atoms. The standard InChI is InChI=1S/C29H26ClN3O2/c30-21-13-10-20(11-14-21)17-32-18-27(34)33-25(15-12-19-6-2-1-3-7-19)28-23(16-26(33)29(32)35)22-8-4-5-9-24(22)31-28/h1-11,13-14,25-26,31H,12,15-18H2. The summed E-state index contributed by atoms with van der Waals surface area (Å²) in [6.07, 6.45) is 2.12. The van der Waals surface area contributed by atoms with E-state index in [0.29, 0.717) is 18.0 Å². The third-order valence-corrected chi connectivity index (χ3v) is 7.55. The normalized spacial score (nSPS) is 19.7. The molecule has 2 atom stereocenters. The summed E-state index contributed by atoms with van der Waals surface area (Å²) in [5.74, 6) is 0.0196. The molecule has 1 aromatic heterocycles. The molecule has 1 N–H and O–H groups in total. The highest BCUT2D eigenvalue weighted by atomic mass is 35.5. The smallest absolute Gasteiger partial charge is 0.246 e. The number of carbonyl (C=O) groups is 2. The number of hydrogen-bond acceptors (Lipinski definition) is 2. The van der Waals surface area contributed by atoms with Crippen molar-refractivity contribution >= 4 is 34.3 Å². The zero-order valence-electron chi connectivity index (χ0n) is 19.3. The van der Waals surface area contributed by atoms with E-state index in [2.05, 4.69) is 29.2 Å². The number of halogens is 1. The van der Waals surface area contributed by atoms with Crippen LogP contribution >= 0.6 is 11.6 Å². The Labute approximate surface area is 209 Å². The molecule has 35 heavy (non-hydrogen) atoms. The molecule has 1 saturated heterocycles. The van der Waals surface area contributed by atoms with Gasteiger partial charge in [0.25, 0.3) is 0 Å². The van der Waals surface area contributed by atoms with Crippen molar-refractivity contribution in [2.75, 3.05) is 6.54 Å². The Kier molecular flexibility index (Phi) is 5.57. The fourth-order valence-corrected chi connectivity index (χ4v) is 5.76. The van der Waals surface area contributed by atoms with Crippen LogP contribution in [0.15, 0.2) is 78.9 Å². The summed E-state index contributed by atoms with van der Waals surface area (Å²) in [6.45, 7) is 0.497. The van der Waals surface area contributed by atoms with Gasteiger partial charge in [0.1, 0.15) is 12.6 Å². The Morgan fingerprint density at radius 1 is 0.886 bits per heavy atom. The number of carbonyl (C=O) groups excluding carboxylic acids is 2. The second kappa shape index (κ2) is 8.90. The molecule has 2 aliphatic heterocycles. The number of rotatable bonds is 5. The maximum atomic E-state index is 13.8. The van der Waals surface area contributed by atoms with Crippen molar-refractivity contribution in [3.63, 3.8) is 0 Å². The number of hydrogen-bond donors (Lipinski definition) is 1. The Hall–Kier alpha value is -3.57. The summed E-state index contributed by atoms with van der Waals surface area (Å²) in [5.41, 5.74) is 5.49. The molecular formula is C29H26ClN3O2. The van der Waals surface area contributed by atoms with Crippen molar-refractivity contribution in [2.45, 2.75) is 37.9 Å². The number of aromatic amines is 1. The summed E-state index contributed by atoms with van der Waals surface area (Å²) < 4.78 is 0. The van der Waals surface area contributed by atoms with E-state index in [4.69, 9.17) is 11.6 Å². The second-order valence-corrected chi connectivity index (χ2v) is 9.88. The van der Waals surface area contributed by atoms with Crippen molar-refractivity contribution in [2.24, 2.45) is 0 Å². The van der Waals surface area contributed by atoms with E-state index in [1.54, 1.807) is 4.90 Å². The highest BCUT2D eigenvalue weighted by molar-refractivity contribution is 6.30. The van der Waals surface area contributed by atoms with Crippen LogP contribution in [0, 0.1) is 0 Å². The average molecular weight is 484 g/mol. The van der Waals surface area contributed by atoms with Gasteiger partial charge in [-0.05, 0) is 47.7 Å². The van der Waals surface area contributed by atoms with E-state index < -0.39 is 6.04 Å². The van der Waals surface area contributed by atoms with Crippen molar-refractivity contribution in [3.8, 4) is 0 Å². The summed E-state index contributed by atoms with van der Waals surface area (Å²) >= 11 is 6.03. The number of nitrogens with zero attached hydrogens (tertiary/aromatic N) is 2. The summed E-state index contributed by atoms with van der Waals surface area (Å²) in [4.78, 5) is 34.5. The van der Waals surface area contributed by atoms with E-state index in [-0.39, 0.29) is 24.4 Å². The minimum Gasteiger partial charge on any atom is -0.356 e. The zero-order valence-corrected chi connectivity index (χ0v) is 20.0. The molecule has 0 saturated carbocycles. The van der Waals surface area contributed by atoms with E-state index in [1.165, 1.54) is 5.56 Å². The lowest BCUT2D eigenvalue weighted by molar-refractivity contribution is -0.160. The molecule has 3 heterocycles. The minimum atomic E-state index is -0.490. The number of fused-ring (bicyclic) bond motifs is 4. The number of para-hydroxylation sites is 1. The van der Waals surface area contributed by atoms with Crippen molar-refractivity contribution in [1.82, 2.24) is 14.8 Å². The van der Waals surface area contributed by atoms with Crippen LogP contribution in [-0.2, 0) is 29.0 Å². The number of nitrogens with one attached hydrogen (secondary N) is 1. The molecule has 3 aromatic carbocycles. The average Bonchev–Trinajstić information content (AvgIpc) is 3.25. The first-order valence-corrected chi connectivity index (χ1v) is 12.4. The summed E-state index contributed by atoms with van der Waals surface area (Å²) in [5, 5.41) is 1.79. The van der Waals surface area contributed by atoms with Crippen molar-refractivity contribution in [1.29, 1.82) is 0 Å². The fraction of sp³-hybridized carbons (Fsp3) is 0.241. The number of H-pyrrole nitrogens is 1. The van der Waals surface area contributed by atoms with Crippen LogP contribution in [0.2, 0.25) is 5.02 Å². The van der Waals surface area contributed by atoms with Crippen LogP contribution < -0.4 is 0 Å². The predicted molar refractivity (Wildman–Crippen MR) is 137 cm³/mol. The first-order valence-electron chi connectivity index (χ1n) is 12.1. The number of piperazine rings is 1. The van der Waals surface area contributed by atoms with Gasteiger partial charge in [-0.2, -0.15) is 0 Å². The van der Waals surface area contributed by atoms with E-state index in [1.807, 2.05) is 59.5 Å². The van der Waals surface area contributed by atoms with E-state index >= 15 is 0 Å². The molecule has 2 amide bonds. The maximum Gasteiger partial charge on any atom is 0.246 e. The molecule has 0 bridgehead atoms. The first-order chi connectivity index (χ1) is 17.1. The molecule has 176 valence electrons. The lowest BCUT2D eigenvalue weighted by Gasteiger charge is -2.47. The SMILES string of the molecule is O=C1C2Cc3c([nH]c4ccccc34)C(CCc3ccccc3)N2C(=O)CN1Cc1ccc(Cl)cc1. The van der Waals surface area contributed by atoms with Crippen LogP contribution in [0.4, 0.5) is 0 Å². The Morgan fingerprint density at radius 2 is 1.63 bits per heavy atom. The van der Waals surface area contributed by atoms with Crippen LogP contribution in [-0.4, -0.2) is 39.2 Å². The van der Waals surface area contributed by atoms with Gasteiger partial charge in [-0.3, -0.25) is 9.59 Å². The van der Waals surface area contributed by atoms with Gasteiger partial charge in [0.2, 0.25) is 11.8 Å². The van der Waals surface area contributed by atoms with Crippen molar-refractivity contribution in [3.05, 3.63) is 106 Å². The third-order valence-electron chi connectivity index (χ3n) is 7.30. The monoisotopic (exact) mass is 483 g/mol. The largest absolute Gasteiger partial charge is 0.356 e. The molecule has 0 radical (unpaired) electrons. The van der Waals surface area contributed by atoms with Gasteiger partial charge in [-0.15, -0.1) is 0 Å². The molecule has 2 unspecified atom stereocenters. The van der Waals surface area contributed by atoms with Crippen LogP contribution in [0.25, 0.3) is 10.9 Å². The molecule has 6 rings (SSSR count). The van der Waals surface area contributed by atoms with Gasteiger partial charge in [-0.25, -0.2) is 0 Å². The predicted octanol–water partition coefficient (Wildman–Crippen LogP) is 5.29. The fourth-order valence-electron chi connectivity index (χ4n) is 5.64. The maximum absolute atomic E-state index is 13.8. The molecule has 0 aliphatic carbocycles. The van der Waals surface area contributed by atoms with E-state index in [0.717, 1.165) is 40.6 Å².